The smallest absolute Gasteiger partial charge is 0.171 e. The van der Waals surface area contributed by atoms with Gasteiger partial charge in [0.05, 0.1) is 21.7 Å². The van der Waals surface area contributed by atoms with E-state index in [0.717, 1.165) is 11.8 Å². The van der Waals surface area contributed by atoms with E-state index in [9.17, 15) is 52.7 Å². The quantitative estimate of drug-likeness (QED) is 0.143. The molecule has 0 aromatic carbocycles. The van der Waals surface area contributed by atoms with E-state index in [2.05, 4.69) is 194 Å². The van der Waals surface area contributed by atoms with Crippen LogP contribution in [0.4, 0.5) is 52.7 Å². The van der Waals surface area contributed by atoms with Gasteiger partial charge in [-0.25, -0.2) is 0 Å². The third kappa shape index (κ3) is 54.3. The van der Waals surface area contributed by atoms with E-state index in [-0.39, 0.29) is 55.8 Å². The molecule has 0 N–H and O–H groups in total. The van der Waals surface area contributed by atoms with Gasteiger partial charge in [-0.05, 0) is 112 Å². The van der Waals surface area contributed by atoms with E-state index < -0.39 is 46.4 Å². The number of alkyl halides is 12. The third-order valence-corrected chi connectivity index (χ3v) is 19.5. The monoisotopic (exact) mass is 1330 g/mol. The fourth-order valence-electron chi connectivity index (χ4n) is 8.86. The summed E-state index contributed by atoms with van der Waals surface area (Å²) >= 11 is 0. The van der Waals surface area contributed by atoms with Gasteiger partial charge >= 0.3 is 24.7 Å². The summed E-state index contributed by atoms with van der Waals surface area (Å²) in [6.07, 6.45) is -5.70. The van der Waals surface area contributed by atoms with Gasteiger partial charge in [0.2, 0.25) is 0 Å². The van der Waals surface area contributed by atoms with Crippen molar-refractivity contribution in [2.24, 2.45) is 95.1 Å². The number of hydrogen-bond acceptors (Lipinski definition) is 0. The van der Waals surface area contributed by atoms with Crippen LogP contribution in [-0.2, 0) is 0 Å². The first-order chi connectivity index (χ1) is 39.0. The summed E-state index contributed by atoms with van der Waals surface area (Å²) in [5.41, 5.74) is -2.49. The Morgan fingerprint density at radius 3 is 0.556 bits per heavy atom. The zero-order chi connectivity index (χ0) is 76.2. The summed E-state index contributed by atoms with van der Waals surface area (Å²) in [6, 6.07) is 0. The van der Waals surface area contributed by atoms with Crippen LogP contribution in [0.2, 0.25) is 0 Å². The zero-order valence-electron chi connectivity index (χ0n) is 68.7. The van der Waals surface area contributed by atoms with Crippen molar-refractivity contribution in [3.05, 3.63) is 0 Å². The summed E-state index contributed by atoms with van der Waals surface area (Å²) in [4.78, 5) is 0. The lowest BCUT2D eigenvalue weighted by Gasteiger charge is -2.41. The highest BCUT2D eigenvalue weighted by Crippen LogP contribution is 2.50. The topological polar surface area (TPSA) is 0 Å². The fraction of sp³-hybridized carbons (Fsp3) is 1.00. The molecule has 12 heteroatoms. The molecule has 0 aliphatic heterocycles. The summed E-state index contributed by atoms with van der Waals surface area (Å²) in [6.45, 7) is 88.7. The van der Waals surface area contributed by atoms with Crippen LogP contribution in [0.25, 0.3) is 0 Å². The van der Waals surface area contributed by atoms with E-state index >= 15 is 0 Å². The minimum absolute atomic E-state index is 0.0478. The second-order valence-corrected chi connectivity index (χ2v) is 35.7. The van der Waals surface area contributed by atoms with Gasteiger partial charge in [-0.1, -0.05) is 350 Å². The molecule has 0 saturated heterocycles. The van der Waals surface area contributed by atoms with Gasteiger partial charge in [-0.15, -0.1) is 0 Å². The second kappa shape index (κ2) is 46.4. The van der Waals surface area contributed by atoms with Gasteiger partial charge < -0.3 is 0 Å². The predicted molar refractivity (Wildman–Crippen MR) is 382 cm³/mol. The van der Waals surface area contributed by atoms with Gasteiger partial charge in [-0.3, -0.25) is 0 Å². The zero-order valence-corrected chi connectivity index (χ0v) is 68.7. The predicted octanol–water partition coefficient (Wildman–Crippen LogP) is 32.6. The van der Waals surface area contributed by atoms with Crippen molar-refractivity contribution in [1.82, 2.24) is 0 Å². The van der Waals surface area contributed by atoms with Gasteiger partial charge in [0, 0.05) is 0 Å². The molecule has 0 spiro atoms. The van der Waals surface area contributed by atoms with Crippen LogP contribution in [0.1, 0.15) is 388 Å². The SMILES string of the molecule is CC(C)(C)C.CC(C)C(C(C)C)C(C)(C)C(F)(F)F.CC(C)C(C)(C)C.CCC(C)(C(C)C)C(F)(F)F.CCC(C)(C)C.CCC(C)(CC)C(C)(C)C.CCC(C)(CC)C(F)(F)F.CCC(CC)C(C)(C)C.CCCC(C)(C)C.CCCC(C)(CC)C(F)(F)F. The molecule has 0 radical (unpaired) electrons. The Morgan fingerprint density at radius 2 is 0.533 bits per heavy atom. The Kier molecular flexibility index (Phi) is 57.0. The van der Waals surface area contributed by atoms with E-state index in [1.165, 1.54) is 79.6 Å². The minimum Gasteiger partial charge on any atom is -0.171 e. The average molecular weight is 1330 g/mol. The van der Waals surface area contributed by atoms with Crippen molar-refractivity contribution in [3.63, 3.8) is 0 Å². The minimum atomic E-state index is -4.12. The average Bonchev–Trinajstić information content (AvgIpc) is 3.31. The van der Waals surface area contributed by atoms with Crippen molar-refractivity contribution in [1.29, 1.82) is 0 Å². The maximum absolute atomic E-state index is 12.8. The van der Waals surface area contributed by atoms with Crippen LogP contribution in [0.15, 0.2) is 0 Å². The lowest BCUT2D eigenvalue weighted by atomic mass is 9.65. The summed E-state index contributed by atoms with van der Waals surface area (Å²) < 4.78 is 149. The number of halogens is 12. The fourth-order valence-corrected chi connectivity index (χ4v) is 8.86. The largest absolute Gasteiger partial charge is 0.394 e. The molecule has 0 rings (SSSR count). The molecule has 90 heavy (non-hydrogen) atoms. The Bertz CT molecular complexity index is 1560. The maximum atomic E-state index is 12.8. The van der Waals surface area contributed by atoms with Gasteiger partial charge in [0.1, 0.15) is 0 Å². The molecule has 2 atom stereocenters. The van der Waals surface area contributed by atoms with Gasteiger partial charge in [-0.2, -0.15) is 52.7 Å². The van der Waals surface area contributed by atoms with Crippen LogP contribution in [-0.4, -0.2) is 24.7 Å². The first kappa shape index (κ1) is 111. The molecular formula is C78H164F12. The molecule has 0 aromatic heterocycles. The lowest BCUT2D eigenvalue weighted by Crippen LogP contribution is -2.43. The van der Waals surface area contributed by atoms with Crippen molar-refractivity contribution < 1.29 is 52.7 Å². The molecule has 0 aliphatic carbocycles. The Balaban J connectivity index is -0.0000000999. The molecule has 0 aromatic rings. The highest BCUT2D eigenvalue weighted by Gasteiger charge is 2.54. The maximum Gasteiger partial charge on any atom is 0.394 e. The second-order valence-electron chi connectivity index (χ2n) is 35.7. The van der Waals surface area contributed by atoms with Gasteiger partial charge in [0.15, 0.2) is 0 Å². The van der Waals surface area contributed by atoms with Crippen LogP contribution < -0.4 is 0 Å². The highest BCUT2D eigenvalue weighted by atomic mass is 19.4. The number of rotatable bonds is 15. The molecule has 0 heterocycles. The Labute approximate surface area is 558 Å². The molecule has 0 bridgehead atoms. The third-order valence-electron chi connectivity index (χ3n) is 19.5. The van der Waals surface area contributed by atoms with Crippen LogP contribution >= 0.6 is 0 Å². The van der Waals surface area contributed by atoms with E-state index in [0.29, 0.717) is 44.3 Å². The highest BCUT2D eigenvalue weighted by molar-refractivity contribution is 4.89. The first-order valence-electron chi connectivity index (χ1n) is 35.2. The lowest BCUT2D eigenvalue weighted by molar-refractivity contribution is -0.239. The molecule has 0 saturated carbocycles. The summed E-state index contributed by atoms with van der Waals surface area (Å²) in [5, 5.41) is 0. The molecule has 560 valence electrons. The first-order valence-corrected chi connectivity index (χ1v) is 35.2. The van der Waals surface area contributed by atoms with E-state index in [1.54, 1.807) is 48.5 Å². The van der Waals surface area contributed by atoms with Crippen LogP contribution in [0, 0.1) is 95.1 Å². The standard InChI is InChI=1S/C11H21F3.C10H22.C9H20.2C8H15F3.C7H13F3.2C7H16.C6H14.C5H12/c1-7(2)9(8(3)4)10(5,6)11(12,13)14;1-7-10(6,8-2)9(3,4)5;1-6-8(7-2)9(3,4)5;1-5-7(4,6(2)3)8(9,10)11;1-4-6-7(3,5-2)8(9,10)11;1-4-6(3,5-2)7(8,9)10;1-6(2)7(3,4)5;1-5-6-7(2,3)4;1-5-6(2,3)4;1-5(2,3)4/h7-9H,1-6H3;7-8H2,1-6H3;8H,6-7H2,1-5H3;6H,5H2,1-4H3;4-6H2,1-3H3;4-5H2,1-3H3;6H,1-5H3;5-6H2,1-4H3;5H2,1-4H3;1-4H3. The van der Waals surface area contributed by atoms with Crippen molar-refractivity contribution >= 4 is 0 Å². The van der Waals surface area contributed by atoms with E-state index in [1.807, 2.05) is 27.7 Å². The Morgan fingerprint density at radius 1 is 0.278 bits per heavy atom. The molecule has 2 unspecified atom stereocenters. The molecule has 0 fully saturated rings. The van der Waals surface area contributed by atoms with Crippen LogP contribution in [0.5, 0.6) is 0 Å². The molecule has 0 nitrogen and oxygen atoms in total. The molecular weight excluding hydrogens is 1160 g/mol. The summed E-state index contributed by atoms with van der Waals surface area (Å²) in [7, 11) is 0. The van der Waals surface area contributed by atoms with Crippen molar-refractivity contribution in [2.45, 2.75) is 413 Å². The van der Waals surface area contributed by atoms with Crippen molar-refractivity contribution in [2.75, 3.05) is 0 Å². The molecule has 0 amide bonds. The van der Waals surface area contributed by atoms with Crippen molar-refractivity contribution in [3.8, 4) is 0 Å². The Hall–Kier alpha value is -0.840. The summed E-state index contributed by atoms with van der Waals surface area (Å²) in [5.74, 6) is 1.11. The number of hydrogen-bond donors (Lipinski definition) is 0. The van der Waals surface area contributed by atoms with Gasteiger partial charge in [0.25, 0.3) is 0 Å². The van der Waals surface area contributed by atoms with Crippen LogP contribution in [0.3, 0.4) is 0 Å². The molecule has 0 aliphatic rings. The van der Waals surface area contributed by atoms with E-state index in [4.69, 9.17) is 0 Å². The normalized spacial score (nSPS) is 14.5.